The van der Waals surface area contributed by atoms with Gasteiger partial charge >= 0.3 is 11.9 Å². The normalized spacial score (nSPS) is 41.3. The molecule has 10 atom stereocenters. The molecule has 4 unspecified atom stereocenters. The lowest BCUT2D eigenvalue weighted by molar-refractivity contribution is -0.199. The lowest BCUT2D eigenvalue weighted by Crippen LogP contribution is -2.50. The summed E-state index contributed by atoms with van der Waals surface area (Å²) in [6.07, 6.45) is 20.9. The number of fused-ring (bicyclic) bond motifs is 5. The van der Waals surface area contributed by atoms with Gasteiger partial charge in [0.15, 0.2) is 6.29 Å². The summed E-state index contributed by atoms with van der Waals surface area (Å²) in [5.41, 5.74) is 3.82. The first-order valence-electron chi connectivity index (χ1n) is 16.6. The van der Waals surface area contributed by atoms with Gasteiger partial charge in [-0.25, -0.2) is 0 Å². The van der Waals surface area contributed by atoms with Gasteiger partial charge in [0.2, 0.25) is 0 Å². The van der Waals surface area contributed by atoms with E-state index in [0.29, 0.717) is 17.8 Å². The average Bonchev–Trinajstić information content (AvgIpc) is 3.32. The molecule has 1 heterocycles. The van der Waals surface area contributed by atoms with Gasteiger partial charge in [-0.05, 0) is 112 Å². The maximum Gasteiger partial charge on any atom is 0.305 e. The lowest BCUT2D eigenvalue weighted by Gasteiger charge is -2.58. The van der Waals surface area contributed by atoms with Crippen LogP contribution >= 0.6 is 0 Å². The van der Waals surface area contributed by atoms with E-state index in [0.717, 1.165) is 43.4 Å². The number of carbonyl (C=O) groups excluding carboxylic acids is 2. The third-order valence-electron chi connectivity index (χ3n) is 12.1. The van der Waals surface area contributed by atoms with Crippen molar-refractivity contribution >= 4 is 11.9 Å². The van der Waals surface area contributed by atoms with Crippen LogP contribution in [0.1, 0.15) is 105 Å². The average molecular weight is 583 g/mol. The zero-order chi connectivity index (χ0) is 30.1. The van der Waals surface area contributed by atoms with Gasteiger partial charge < -0.3 is 18.9 Å². The van der Waals surface area contributed by atoms with E-state index in [1.807, 2.05) is 6.08 Å². The van der Waals surface area contributed by atoms with Crippen LogP contribution in [0.25, 0.3) is 0 Å². The van der Waals surface area contributed by atoms with Crippen molar-refractivity contribution in [2.75, 3.05) is 13.7 Å². The fraction of sp³-hybridized carbons (Fsp3) is 0.778. The molecule has 6 nitrogen and oxygen atoms in total. The van der Waals surface area contributed by atoms with Crippen molar-refractivity contribution in [2.45, 2.75) is 124 Å². The topological polar surface area (TPSA) is 71.1 Å². The van der Waals surface area contributed by atoms with Crippen LogP contribution in [-0.4, -0.2) is 44.2 Å². The Bertz CT molecular complexity index is 1090. The maximum atomic E-state index is 11.5. The van der Waals surface area contributed by atoms with Crippen LogP contribution in [-0.2, 0) is 28.5 Å². The number of allylic oxidation sites excluding steroid dienone is 3. The third-order valence-corrected chi connectivity index (χ3v) is 12.1. The van der Waals surface area contributed by atoms with Crippen LogP contribution in [0.15, 0.2) is 35.5 Å². The standard InChI is InChI=1S/C36H54O6/c1-23(9-7-8-10-33(38)39-6)29-14-15-30-28-13-12-26-21-27(17-19-35(26,4)31(28)18-20-36(29,30)5)41-34-16-11-24(2)32(42-34)22-40-25(3)37/h9,11-12,16,24,27-32,34H,7-8,10,13-15,17-22H2,1-6H3/b23-9+/t24-,27-,28?,29+,30?,31?,32+,34?,35-,36+/m0/s1. The maximum absolute atomic E-state index is 11.5. The summed E-state index contributed by atoms with van der Waals surface area (Å²) in [4.78, 5) is 22.8. The fourth-order valence-corrected chi connectivity index (χ4v) is 9.70. The van der Waals surface area contributed by atoms with Crippen LogP contribution in [0.2, 0.25) is 0 Å². The smallest absolute Gasteiger partial charge is 0.305 e. The molecule has 0 bridgehead atoms. The number of hydrogen-bond acceptors (Lipinski definition) is 6. The van der Waals surface area contributed by atoms with Crippen LogP contribution in [0, 0.1) is 40.4 Å². The molecule has 0 spiro atoms. The molecular formula is C36H54O6. The molecule has 3 fully saturated rings. The Morgan fingerprint density at radius 2 is 1.88 bits per heavy atom. The monoisotopic (exact) mass is 582 g/mol. The molecule has 234 valence electrons. The summed E-state index contributed by atoms with van der Waals surface area (Å²) in [6, 6.07) is 0. The van der Waals surface area contributed by atoms with E-state index in [9.17, 15) is 9.59 Å². The van der Waals surface area contributed by atoms with Gasteiger partial charge in [-0.2, -0.15) is 0 Å². The van der Waals surface area contributed by atoms with E-state index < -0.39 is 0 Å². The Morgan fingerprint density at radius 1 is 1.07 bits per heavy atom. The molecule has 5 aliphatic rings. The van der Waals surface area contributed by atoms with Crippen molar-refractivity contribution in [2.24, 2.45) is 40.4 Å². The Morgan fingerprint density at radius 3 is 2.64 bits per heavy atom. The van der Waals surface area contributed by atoms with Crippen LogP contribution in [0.3, 0.4) is 0 Å². The second kappa shape index (κ2) is 13.0. The predicted octanol–water partition coefficient (Wildman–Crippen LogP) is 7.72. The second-order valence-electron chi connectivity index (χ2n) is 14.4. The highest BCUT2D eigenvalue weighted by Crippen LogP contribution is 2.67. The van der Waals surface area contributed by atoms with Gasteiger partial charge in [-0.15, -0.1) is 0 Å². The molecule has 0 aromatic rings. The fourth-order valence-electron chi connectivity index (χ4n) is 9.70. The van der Waals surface area contributed by atoms with Gasteiger partial charge in [-0.3, -0.25) is 9.59 Å². The number of carbonyl (C=O) groups is 2. The summed E-state index contributed by atoms with van der Waals surface area (Å²) in [5, 5.41) is 0. The minimum Gasteiger partial charge on any atom is -0.469 e. The van der Waals surface area contributed by atoms with E-state index in [-0.39, 0.29) is 48.4 Å². The predicted molar refractivity (Wildman–Crippen MR) is 163 cm³/mol. The second-order valence-corrected chi connectivity index (χ2v) is 14.4. The van der Waals surface area contributed by atoms with E-state index in [2.05, 4.69) is 45.9 Å². The Labute approximate surface area is 253 Å². The minimum absolute atomic E-state index is 0.107. The molecule has 4 aliphatic carbocycles. The molecule has 1 aliphatic heterocycles. The van der Waals surface area contributed by atoms with Crippen molar-refractivity contribution in [1.82, 2.24) is 0 Å². The molecule has 0 radical (unpaired) electrons. The van der Waals surface area contributed by atoms with Gasteiger partial charge in [0, 0.05) is 19.3 Å². The first kappa shape index (κ1) is 31.5. The van der Waals surface area contributed by atoms with E-state index in [1.165, 1.54) is 52.6 Å². The van der Waals surface area contributed by atoms with E-state index in [4.69, 9.17) is 18.9 Å². The number of hydrogen-bond donors (Lipinski definition) is 0. The molecule has 6 heteroatoms. The molecule has 0 amide bonds. The zero-order valence-electron chi connectivity index (χ0n) is 26.9. The van der Waals surface area contributed by atoms with Crippen molar-refractivity contribution in [3.05, 3.63) is 35.5 Å². The highest BCUT2D eigenvalue weighted by molar-refractivity contribution is 5.69. The number of ether oxygens (including phenoxy) is 4. The molecule has 0 N–H and O–H groups in total. The molecule has 0 saturated heterocycles. The van der Waals surface area contributed by atoms with Gasteiger partial charge in [-0.1, -0.05) is 50.1 Å². The van der Waals surface area contributed by atoms with Crippen molar-refractivity contribution in [3.63, 3.8) is 0 Å². The number of unbranched alkanes of at least 4 members (excludes halogenated alkanes) is 1. The van der Waals surface area contributed by atoms with Crippen molar-refractivity contribution in [3.8, 4) is 0 Å². The Hall–Kier alpha value is -1.92. The van der Waals surface area contributed by atoms with E-state index in [1.54, 1.807) is 11.1 Å². The molecule has 42 heavy (non-hydrogen) atoms. The van der Waals surface area contributed by atoms with E-state index >= 15 is 0 Å². The number of esters is 2. The van der Waals surface area contributed by atoms with Crippen molar-refractivity contribution < 1.29 is 28.5 Å². The number of rotatable bonds is 9. The SMILES string of the molecule is COC(=O)CCC/C=C(\C)[C@H]1CCC2C3CC=C4C[C@@H](OC5C=C[C@H](C)[C@@H](COC(C)=O)O5)CC[C@]4(C)C3CC[C@@]21C. The molecule has 0 aromatic carbocycles. The summed E-state index contributed by atoms with van der Waals surface area (Å²) < 4.78 is 22.8. The Kier molecular flexibility index (Phi) is 9.73. The van der Waals surface area contributed by atoms with Gasteiger partial charge in [0.25, 0.3) is 0 Å². The minimum atomic E-state index is -0.379. The summed E-state index contributed by atoms with van der Waals surface area (Å²) in [7, 11) is 1.47. The number of methoxy groups -OCH3 is 1. The van der Waals surface area contributed by atoms with Crippen molar-refractivity contribution in [1.29, 1.82) is 0 Å². The molecular weight excluding hydrogens is 528 g/mol. The highest BCUT2D eigenvalue weighted by atomic mass is 16.7. The molecule has 3 saturated carbocycles. The summed E-state index contributed by atoms with van der Waals surface area (Å²) in [6.45, 7) is 11.3. The Balaban J connectivity index is 1.20. The third kappa shape index (κ3) is 6.31. The van der Waals surface area contributed by atoms with Gasteiger partial charge in [0.1, 0.15) is 12.7 Å². The van der Waals surface area contributed by atoms with Crippen LogP contribution in [0.5, 0.6) is 0 Å². The largest absolute Gasteiger partial charge is 0.469 e. The zero-order valence-corrected chi connectivity index (χ0v) is 26.9. The summed E-state index contributed by atoms with van der Waals surface area (Å²) in [5.74, 6) is 2.81. The first-order valence-corrected chi connectivity index (χ1v) is 16.6. The molecule has 5 rings (SSSR count). The highest BCUT2D eigenvalue weighted by Gasteiger charge is 2.58. The van der Waals surface area contributed by atoms with Gasteiger partial charge in [0.05, 0.1) is 13.2 Å². The lowest BCUT2D eigenvalue weighted by atomic mass is 9.47. The van der Waals surface area contributed by atoms with Crippen LogP contribution < -0.4 is 0 Å². The quantitative estimate of drug-likeness (QED) is 0.157. The van der Waals surface area contributed by atoms with Crippen LogP contribution in [0.4, 0.5) is 0 Å². The summed E-state index contributed by atoms with van der Waals surface area (Å²) >= 11 is 0. The molecule has 0 aromatic heterocycles. The first-order chi connectivity index (χ1) is 20.0.